The van der Waals surface area contributed by atoms with Gasteiger partial charge in [0.25, 0.3) is 0 Å². The number of anilines is 1. The van der Waals surface area contributed by atoms with E-state index in [0.717, 1.165) is 47.6 Å². The van der Waals surface area contributed by atoms with E-state index in [4.69, 9.17) is 9.51 Å². The molecule has 0 aromatic carbocycles. The summed E-state index contributed by atoms with van der Waals surface area (Å²) in [6.07, 6.45) is 4.94. The number of aliphatic hydroxyl groups is 1. The van der Waals surface area contributed by atoms with E-state index in [1.807, 2.05) is 36.9 Å². The van der Waals surface area contributed by atoms with Gasteiger partial charge in [-0.05, 0) is 38.8 Å². The van der Waals surface area contributed by atoms with E-state index in [1.54, 1.807) is 12.4 Å². The summed E-state index contributed by atoms with van der Waals surface area (Å²) in [5.41, 5.74) is 4.16. The van der Waals surface area contributed by atoms with Crippen molar-refractivity contribution in [3.8, 4) is 22.6 Å². The zero-order valence-corrected chi connectivity index (χ0v) is 14.9. The van der Waals surface area contributed by atoms with Crippen molar-refractivity contribution >= 4 is 5.95 Å². The second-order valence-corrected chi connectivity index (χ2v) is 6.64. The van der Waals surface area contributed by atoms with Gasteiger partial charge in [0.2, 0.25) is 5.95 Å². The Bertz CT molecular complexity index is 924. The number of aromatic nitrogens is 4. The van der Waals surface area contributed by atoms with Crippen molar-refractivity contribution < 1.29 is 9.63 Å². The van der Waals surface area contributed by atoms with Gasteiger partial charge in [0.1, 0.15) is 0 Å². The summed E-state index contributed by atoms with van der Waals surface area (Å²) < 4.78 is 5.45. The molecule has 1 atom stereocenters. The van der Waals surface area contributed by atoms with Crippen LogP contribution in [0.25, 0.3) is 22.6 Å². The molecule has 1 aliphatic heterocycles. The topological polar surface area (TPSA) is 88.2 Å². The van der Waals surface area contributed by atoms with Gasteiger partial charge in [-0.25, -0.2) is 9.97 Å². The van der Waals surface area contributed by atoms with Gasteiger partial charge >= 0.3 is 0 Å². The highest BCUT2D eigenvalue weighted by atomic mass is 16.5. The van der Waals surface area contributed by atoms with E-state index in [2.05, 4.69) is 15.1 Å². The average molecular weight is 351 g/mol. The smallest absolute Gasteiger partial charge is 0.225 e. The number of nitrogens with zero attached hydrogens (tertiary/aromatic N) is 5. The van der Waals surface area contributed by atoms with E-state index in [-0.39, 0.29) is 6.10 Å². The first-order chi connectivity index (χ1) is 12.6. The van der Waals surface area contributed by atoms with E-state index in [0.29, 0.717) is 18.3 Å². The number of rotatable bonds is 3. The maximum absolute atomic E-state index is 9.98. The number of hydrogen-bond acceptors (Lipinski definition) is 7. The molecule has 0 aliphatic carbocycles. The molecule has 7 heteroatoms. The highest BCUT2D eigenvalue weighted by molar-refractivity contribution is 5.79. The van der Waals surface area contributed by atoms with Crippen molar-refractivity contribution in [1.82, 2.24) is 20.1 Å². The van der Waals surface area contributed by atoms with Crippen LogP contribution in [-0.2, 0) is 0 Å². The number of piperidine rings is 1. The molecule has 0 radical (unpaired) electrons. The predicted molar refractivity (Wildman–Crippen MR) is 97.7 cm³/mol. The third-order valence-electron chi connectivity index (χ3n) is 4.61. The zero-order valence-electron chi connectivity index (χ0n) is 14.9. The Kier molecular flexibility index (Phi) is 4.38. The second kappa shape index (κ2) is 6.84. The lowest BCUT2D eigenvalue weighted by Gasteiger charge is -2.30. The van der Waals surface area contributed by atoms with Crippen LogP contribution in [0.15, 0.2) is 35.1 Å². The lowest BCUT2D eigenvalue weighted by molar-refractivity contribution is 0.153. The molecule has 1 N–H and O–H groups in total. The van der Waals surface area contributed by atoms with Crippen molar-refractivity contribution in [1.29, 1.82) is 0 Å². The monoisotopic (exact) mass is 351 g/mol. The number of pyridine rings is 1. The quantitative estimate of drug-likeness (QED) is 0.776. The lowest BCUT2D eigenvalue weighted by Crippen LogP contribution is -2.39. The summed E-state index contributed by atoms with van der Waals surface area (Å²) in [6.45, 7) is 5.22. The largest absolute Gasteiger partial charge is 0.391 e. The standard InChI is InChI=1S/C19H21N5O2/c1-12-9-17(26-23-12)16-10-21-19(24-8-4-5-14(25)11-24)22-18(16)15-6-3-7-20-13(15)2/h3,6-7,9-10,14,25H,4-5,8,11H2,1-2H3. The second-order valence-electron chi connectivity index (χ2n) is 6.64. The summed E-state index contributed by atoms with van der Waals surface area (Å²) >= 11 is 0. The normalized spacial score (nSPS) is 17.5. The molecule has 0 amide bonds. The minimum atomic E-state index is -0.340. The molecule has 134 valence electrons. The van der Waals surface area contributed by atoms with Gasteiger partial charge in [-0.3, -0.25) is 4.98 Å². The van der Waals surface area contributed by atoms with Crippen molar-refractivity contribution in [2.45, 2.75) is 32.8 Å². The predicted octanol–water partition coefficient (Wildman–Crippen LogP) is 2.77. The van der Waals surface area contributed by atoms with Crippen molar-refractivity contribution in [2.75, 3.05) is 18.0 Å². The summed E-state index contributed by atoms with van der Waals surface area (Å²) in [5, 5.41) is 14.0. The fourth-order valence-electron chi connectivity index (χ4n) is 3.27. The van der Waals surface area contributed by atoms with Crippen LogP contribution in [0.5, 0.6) is 0 Å². The van der Waals surface area contributed by atoms with Crippen LogP contribution in [-0.4, -0.2) is 44.4 Å². The van der Waals surface area contributed by atoms with E-state index >= 15 is 0 Å². The minimum absolute atomic E-state index is 0.340. The molecular formula is C19H21N5O2. The fourth-order valence-corrected chi connectivity index (χ4v) is 3.27. The average Bonchev–Trinajstić information content (AvgIpc) is 3.08. The van der Waals surface area contributed by atoms with E-state index in [9.17, 15) is 5.11 Å². The van der Waals surface area contributed by atoms with Crippen LogP contribution in [0.3, 0.4) is 0 Å². The highest BCUT2D eigenvalue weighted by Crippen LogP contribution is 2.33. The van der Waals surface area contributed by atoms with Gasteiger partial charge in [0.15, 0.2) is 5.76 Å². The third kappa shape index (κ3) is 3.17. The van der Waals surface area contributed by atoms with Crippen molar-refractivity contribution in [3.63, 3.8) is 0 Å². The Labute approximate surface area is 151 Å². The molecule has 0 spiro atoms. The van der Waals surface area contributed by atoms with Gasteiger partial charge < -0.3 is 14.5 Å². The zero-order chi connectivity index (χ0) is 18.1. The number of hydrogen-bond donors (Lipinski definition) is 1. The van der Waals surface area contributed by atoms with Gasteiger partial charge in [0, 0.05) is 42.8 Å². The van der Waals surface area contributed by atoms with Crippen LogP contribution in [0.2, 0.25) is 0 Å². The molecule has 7 nitrogen and oxygen atoms in total. The van der Waals surface area contributed by atoms with Crippen LogP contribution in [0, 0.1) is 13.8 Å². The number of aryl methyl sites for hydroxylation is 2. The SMILES string of the molecule is Cc1cc(-c2cnc(N3CCCC(O)C3)nc2-c2cccnc2C)on1. The number of β-amino-alcohol motifs (C(OH)–C–C–N with tert-alkyl or cyclic N) is 1. The van der Waals surface area contributed by atoms with Crippen LogP contribution >= 0.6 is 0 Å². The maximum atomic E-state index is 9.98. The first kappa shape index (κ1) is 16.7. The molecule has 4 heterocycles. The molecule has 26 heavy (non-hydrogen) atoms. The summed E-state index contributed by atoms with van der Waals surface area (Å²) in [4.78, 5) is 15.8. The third-order valence-corrected chi connectivity index (χ3v) is 4.61. The van der Waals surface area contributed by atoms with Gasteiger partial charge in [-0.15, -0.1) is 0 Å². The first-order valence-electron chi connectivity index (χ1n) is 8.77. The molecule has 4 rings (SSSR count). The molecule has 3 aromatic rings. The Morgan fingerprint density at radius 1 is 1.23 bits per heavy atom. The Morgan fingerprint density at radius 3 is 2.85 bits per heavy atom. The summed E-state index contributed by atoms with van der Waals surface area (Å²) in [5.74, 6) is 1.24. The first-order valence-corrected chi connectivity index (χ1v) is 8.77. The lowest BCUT2D eigenvalue weighted by atomic mass is 10.0. The highest BCUT2D eigenvalue weighted by Gasteiger charge is 2.23. The van der Waals surface area contributed by atoms with Gasteiger partial charge in [-0.2, -0.15) is 0 Å². The van der Waals surface area contributed by atoms with Crippen LogP contribution < -0.4 is 4.90 Å². The Balaban J connectivity index is 1.83. The Hall–Kier alpha value is -2.80. The molecule has 1 unspecified atom stereocenters. The molecule has 0 saturated carbocycles. The maximum Gasteiger partial charge on any atom is 0.225 e. The Morgan fingerprint density at radius 2 is 2.12 bits per heavy atom. The van der Waals surface area contributed by atoms with E-state index < -0.39 is 0 Å². The van der Waals surface area contributed by atoms with Crippen molar-refractivity contribution in [3.05, 3.63) is 42.0 Å². The number of aliphatic hydroxyl groups excluding tert-OH is 1. The fraction of sp³-hybridized carbons (Fsp3) is 0.368. The van der Waals surface area contributed by atoms with E-state index in [1.165, 1.54) is 0 Å². The van der Waals surface area contributed by atoms with Crippen LogP contribution in [0.4, 0.5) is 5.95 Å². The van der Waals surface area contributed by atoms with Crippen LogP contribution in [0.1, 0.15) is 24.2 Å². The molecule has 1 fully saturated rings. The minimum Gasteiger partial charge on any atom is -0.391 e. The van der Waals surface area contributed by atoms with Crippen molar-refractivity contribution in [2.24, 2.45) is 0 Å². The molecular weight excluding hydrogens is 330 g/mol. The molecule has 1 saturated heterocycles. The molecule has 0 bridgehead atoms. The van der Waals surface area contributed by atoms with Gasteiger partial charge in [0.05, 0.1) is 23.1 Å². The summed E-state index contributed by atoms with van der Waals surface area (Å²) in [7, 11) is 0. The molecule has 1 aliphatic rings. The summed E-state index contributed by atoms with van der Waals surface area (Å²) in [6, 6.07) is 5.76. The van der Waals surface area contributed by atoms with Gasteiger partial charge in [-0.1, -0.05) is 5.16 Å². The molecule has 3 aromatic heterocycles.